The Bertz CT molecular complexity index is 237. The number of nitrogens with zero attached hydrogens (tertiary/aromatic N) is 1. The lowest BCUT2D eigenvalue weighted by molar-refractivity contribution is -0.0855. The van der Waals surface area contributed by atoms with Crippen LogP contribution in [0.15, 0.2) is 0 Å². The van der Waals surface area contributed by atoms with E-state index in [1.165, 1.54) is 0 Å². The summed E-state index contributed by atoms with van der Waals surface area (Å²) < 4.78 is 5.83. The second-order valence-electron chi connectivity index (χ2n) is 7.15. The van der Waals surface area contributed by atoms with E-state index in [0.717, 1.165) is 19.6 Å². The summed E-state index contributed by atoms with van der Waals surface area (Å²) in [6.45, 7) is 18.9. The molecular weight excluding hydrogens is 224 g/mol. The molecule has 3 nitrogen and oxygen atoms in total. The van der Waals surface area contributed by atoms with Crippen molar-refractivity contribution in [3.8, 4) is 0 Å². The topological polar surface area (TPSA) is 24.5 Å². The smallest absolute Gasteiger partial charge is 0.0678 e. The third-order valence-electron chi connectivity index (χ3n) is 3.53. The lowest BCUT2D eigenvalue weighted by atomic mass is 9.99. The Hall–Kier alpha value is -0.120. The Kier molecular flexibility index (Phi) is 5.63. The minimum atomic E-state index is 0.191. The average molecular weight is 256 g/mol. The van der Waals surface area contributed by atoms with Crippen molar-refractivity contribution in [1.29, 1.82) is 0 Å². The molecule has 1 rings (SSSR count). The molecule has 0 aliphatic carbocycles. The number of rotatable bonds is 4. The third kappa shape index (κ3) is 5.25. The van der Waals surface area contributed by atoms with Crippen LogP contribution in [0.4, 0.5) is 0 Å². The second-order valence-corrected chi connectivity index (χ2v) is 7.15. The molecule has 3 atom stereocenters. The summed E-state index contributed by atoms with van der Waals surface area (Å²) in [5.74, 6) is 0.664. The highest BCUT2D eigenvalue weighted by atomic mass is 16.5. The van der Waals surface area contributed by atoms with Crippen molar-refractivity contribution < 1.29 is 4.74 Å². The molecule has 1 aliphatic rings. The fourth-order valence-electron chi connectivity index (χ4n) is 2.69. The first-order chi connectivity index (χ1) is 8.19. The SMILES string of the molecule is CC(C)C(CNC(C)(C)C)N1C[C@@H](C)O[C@@H](C)C1. The summed E-state index contributed by atoms with van der Waals surface area (Å²) in [6, 6.07) is 0.595. The molecule has 18 heavy (non-hydrogen) atoms. The molecule has 1 aliphatic heterocycles. The van der Waals surface area contributed by atoms with E-state index in [9.17, 15) is 0 Å². The maximum Gasteiger partial charge on any atom is 0.0678 e. The minimum Gasteiger partial charge on any atom is -0.373 e. The number of ether oxygens (including phenoxy) is 1. The van der Waals surface area contributed by atoms with Crippen molar-refractivity contribution in [2.24, 2.45) is 5.92 Å². The van der Waals surface area contributed by atoms with Crippen molar-refractivity contribution in [3.63, 3.8) is 0 Å². The van der Waals surface area contributed by atoms with Gasteiger partial charge in [-0.25, -0.2) is 0 Å². The number of hydrogen-bond donors (Lipinski definition) is 1. The van der Waals surface area contributed by atoms with Gasteiger partial charge in [0, 0.05) is 31.2 Å². The Labute approximate surface area is 113 Å². The Morgan fingerprint density at radius 1 is 1.17 bits per heavy atom. The van der Waals surface area contributed by atoms with E-state index in [0.29, 0.717) is 24.2 Å². The Balaban J connectivity index is 2.60. The third-order valence-corrected chi connectivity index (χ3v) is 3.53. The molecule has 1 heterocycles. The van der Waals surface area contributed by atoms with Gasteiger partial charge in [-0.1, -0.05) is 13.8 Å². The molecule has 0 saturated carbocycles. The van der Waals surface area contributed by atoms with Gasteiger partial charge in [0.25, 0.3) is 0 Å². The summed E-state index contributed by atoms with van der Waals surface area (Å²) in [7, 11) is 0. The molecule has 108 valence electrons. The summed E-state index contributed by atoms with van der Waals surface area (Å²) in [6.07, 6.45) is 0.703. The first-order valence-electron chi connectivity index (χ1n) is 7.33. The molecule has 0 amide bonds. The van der Waals surface area contributed by atoms with E-state index in [1.54, 1.807) is 0 Å². The van der Waals surface area contributed by atoms with Crippen LogP contribution in [0.5, 0.6) is 0 Å². The van der Waals surface area contributed by atoms with Gasteiger partial charge in [-0.15, -0.1) is 0 Å². The van der Waals surface area contributed by atoms with E-state index in [2.05, 4.69) is 58.7 Å². The molecule has 0 radical (unpaired) electrons. The average Bonchev–Trinajstić information content (AvgIpc) is 2.13. The predicted octanol–water partition coefficient (Wildman–Crippen LogP) is 2.51. The van der Waals surface area contributed by atoms with Crippen LogP contribution in [0.1, 0.15) is 48.5 Å². The molecule has 0 spiro atoms. The van der Waals surface area contributed by atoms with Gasteiger partial charge in [-0.05, 0) is 40.5 Å². The zero-order valence-electron chi connectivity index (χ0n) is 13.3. The van der Waals surface area contributed by atoms with Gasteiger partial charge in [0.05, 0.1) is 12.2 Å². The monoisotopic (exact) mass is 256 g/mol. The molecule has 3 heteroatoms. The van der Waals surface area contributed by atoms with Crippen molar-refractivity contribution >= 4 is 0 Å². The maximum absolute atomic E-state index is 5.83. The number of nitrogens with one attached hydrogen (secondary N) is 1. The molecular formula is C15H32N2O. The fourth-order valence-corrected chi connectivity index (χ4v) is 2.69. The molecule has 0 aromatic rings. The van der Waals surface area contributed by atoms with Gasteiger partial charge in [0.1, 0.15) is 0 Å². The Morgan fingerprint density at radius 3 is 2.06 bits per heavy atom. The zero-order valence-corrected chi connectivity index (χ0v) is 13.3. The van der Waals surface area contributed by atoms with Gasteiger partial charge < -0.3 is 10.1 Å². The van der Waals surface area contributed by atoms with Crippen LogP contribution in [0, 0.1) is 5.92 Å². The zero-order chi connectivity index (χ0) is 13.9. The van der Waals surface area contributed by atoms with Crippen LogP contribution in [0.25, 0.3) is 0 Å². The van der Waals surface area contributed by atoms with Crippen molar-refractivity contribution in [1.82, 2.24) is 10.2 Å². The Morgan fingerprint density at radius 2 is 1.67 bits per heavy atom. The van der Waals surface area contributed by atoms with Gasteiger partial charge in [0.2, 0.25) is 0 Å². The van der Waals surface area contributed by atoms with E-state index in [4.69, 9.17) is 4.74 Å². The number of morpholine rings is 1. The summed E-state index contributed by atoms with van der Waals surface area (Å²) in [5, 5.41) is 3.65. The van der Waals surface area contributed by atoms with E-state index in [-0.39, 0.29) is 5.54 Å². The lowest BCUT2D eigenvalue weighted by Crippen LogP contribution is -2.56. The lowest BCUT2D eigenvalue weighted by Gasteiger charge is -2.42. The van der Waals surface area contributed by atoms with Crippen LogP contribution in [0.3, 0.4) is 0 Å². The van der Waals surface area contributed by atoms with Gasteiger partial charge in [-0.2, -0.15) is 0 Å². The maximum atomic E-state index is 5.83. The summed E-state index contributed by atoms with van der Waals surface area (Å²) in [5.41, 5.74) is 0.191. The molecule has 1 unspecified atom stereocenters. The van der Waals surface area contributed by atoms with Gasteiger partial charge >= 0.3 is 0 Å². The normalized spacial score (nSPS) is 28.7. The fraction of sp³-hybridized carbons (Fsp3) is 1.00. The highest BCUT2D eigenvalue weighted by Crippen LogP contribution is 2.18. The van der Waals surface area contributed by atoms with Crippen LogP contribution in [0.2, 0.25) is 0 Å². The van der Waals surface area contributed by atoms with E-state index >= 15 is 0 Å². The standard InChI is InChI=1S/C15H32N2O/c1-11(2)14(8-16-15(5,6)7)17-9-12(3)18-13(4)10-17/h11-14,16H,8-10H2,1-7H3/t12-,13+,14?. The van der Waals surface area contributed by atoms with Gasteiger partial charge in [-0.3, -0.25) is 4.90 Å². The first kappa shape index (κ1) is 15.9. The van der Waals surface area contributed by atoms with Crippen molar-refractivity contribution in [2.45, 2.75) is 72.3 Å². The highest BCUT2D eigenvalue weighted by molar-refractivity contribution is 4.85. The van der Waals surface area contributed by atoms with Crippen LogP contribution in [-0.4, -0.2) is 48.3 Å². The first-order valence-corrected chi connectivity index (χ1v) is 7.33. The van der Waals surface area contributed by atoms with Crippen LogP contribution >= 0.6 is 0 Å². The summed E-state index contributed by atoms with van der Waals surface area (Å²) in [4.78, 5) is 2.60. The minimum absolute atomic E-state index is 0.191. The molecule has 1 N–H and O–H groups in total. The van der Waals surface area contributed by atoms with Crippen LogP contribution < -0.4 is 5.32 Å². The van der Waals surface area contributed by atoms with E-state index < -0.39 is 0 Å². The predicted molar refractivity (Wildman–Crippen MR) is 78.0 cm³/mol. The molecule has 1 saturated heterocycles. The van der Waals surface area contributed by atoms with Gasteiger partial charge in [0.15, 0.2) is 0 Å². The molecule has 0 aromatic heterocycles. The molecule has 0 bridgehead atoms. The van der Waals surface area contributed by atoms with E-state index in [1.807, 2.05) is 0 Å². The quantitative estimate of drug-likeness (QED) is 0.836. The van der Waals surface area contributed by atoms with Crippen molar-refractivity contribution in [2.75, 3.05) is 19.6 Å². The highest BCUT2D eigenvalue weighted by Gasteiger charge is 2.30. The van der Waals surface area contributed by atoms with Crippen LogP contribution in [-0.2, 0) is 4.74 Å². The summed E-state index contributed by atoms with van der Waals surface area (Å²) >= 11 is 0. The molecule has 0 aromatic carbocycles. The van der Waals surface area contributed by atoms with Crippen molar-refractivity contribution in [3.05, 3.63) is 0 Å². The second kappa shape index (κ2) is 6.36. The number of hydrogen-bond acceptors (Lipinski definition) is 3. The largest absolute Gasteiger partial charge is 0.373 e. The molecule has 1 fully saturated rings.